The number of fused-ring (bicyclic) bond motifs is 1. The van der Waals surface area contributed by atoms with E-state index >= 15 is 0 Å². The van der Waals surface area contributed by atoms with Gasteiger partial charge < -0.3 is 0 Å². The molecule has 0 unspecified atom stereocenters. The van der Waals surface area contributed by atoms with Crippen molar-refractivity contribution in [3.05, 3.63) is 89.1 Å². The minimum Gasteiger partial charge on any atom is -0.296 e. The maximum atomic E-state index is 13.8. The Morgan fingerprint density at radius 3 is 2.69 bits per heavy atom. The zero-order chi connectivity index (χ0) is 20.0. The van der Waals surface area contributed by atoms with E-state index in [2.05, 4.69) is 10.2 Å². The van der Waals surface area contributed by atoms with E-state index in [1.807, 2.05) is 28.8 Å². The second-order valence-corrected chi connectivity index (χ2v) is 7.21. The SMILES string of the molecule is Fc1cccc(-n2cnnc2-c2c(-c3cc(Cl)ccc3Cl)nc3ccccn23)c1. The quantitative estimate of drug-likeness (QED) is 0.374. The van der Waals surface area contributed by atoms with Gasteiger partial charge in [0.2, 0.25) is 0 Å². The molecular formula is C21H12Cl2FN5. The first-order chi connectivity index (χ1) is 14.1. The van der Waals surface area contributed by atoms with E-state index < -0.39 is 0 Å². The van der Waals surface area contributed by atoms with Gasteiger partial charge in [0.15, 0.2) is 5.82 Å². The molecule has 3 aromatic heterocycles. The molecule has 0 atom stereocenters. The van der Waals surface area contributed by atoms with Crippen molar-refractivity contribution in [3.8, 4) is 28.5 Å². The van der Waals surface area contributed by atoms with Crippen molar-refractivity contribution in [1.82, 2.24) is 24.1 Å². The minimum absolute atomic E-state index is 0.349. The van der Waals surface area contributed by atoms with E-state index in [0.717, 1.165) is 0 Å². The maximum Gasteiger partial charge on any atom is 0.187 e. The topological polar surface area (TPSA) is 48.0 Å². The molecule has 0 aliphatic carbocycles. The molecule has 0 N–H and O–H groups in total. The molecule has 8 heteroatoms. The summed E-state index contributed by atoms with van der Waals surface area (Å²) in [6, 6.07) is 17.1. The third-order valence-electron chi connectivity index (χ3n) is 4.56. The molecule has 5 aromatic rings. The number of pyridine rings is 1. The zero-order valence-corrected chi connectivity index (χ0v) is 16.3. The molecule has 5 nitrogen and oxygen atoms in total. The normalized spacial score (nSPS) is 11.3. The standard InChI is InChI=1S/C21H12Cl2FN5/c22-13-7-8-17(23)16(10-13)19-20(28-9-2-1-6-18(28)26-19)21-27-25-12-29(21)15-5-3-4-14(24)11-15/h1-12H. The largest absolute Gasteiger partial charge is 0.296 e. The van der Waals surface area contributed by atoms with Gasteiger partial charge in [-0.3, -0.25) is 8.97 Å². The summed E-state index contributed by atoms with van der Waals surface area (Å²) in [5.74, 6) is 0.152. The highest BCUT2D eigenvalue weighted by Gasteiger charge is 2.22. The van der Waals surface area contributed by atoms with Crippen LogP contribution >= 0.6 is 23.2 Å². The van der Waals surface area contributed by atoms with E-state index in [4.69, 9.17) is 28.2 Å². The lowest BCUT2D eigenvalue weighted by molar-refractivity contribution is 0.626. The van der Waals surface area contributed by atoms with Gasteiger partial charge in [-0.1, -0.05) is 35.3 Å². The van der Waals surface area contributed by atoms with Crippen molar-refractivity contribution in [3.63, 3.8) is 0 Å². The maximum absolute atomic E-state index is 13.8. The first kappa shape index (κ1) is 17.8. The first-order valence-electron chi connectivity index (χ1n) is 8.70. The summed E-state index contributed by atoms with van der Waals surface area (Å²) in [5.41, 5.74) is 3.26. The number of benzene rings is 2. The molecule has 2 aromatic carbocycles. The van der Waals surface area contributed by atoms with Crippen LogP contribution in [-0.2, 0) is 0 Å². The fourth-order valence-electron chi connectivity index (χ4n) is 3.29. The Kier molecular flexibility index (Phi) is 4.30. The van der Waals surface area contributed by atoms with Crippen molar-refractivity contribution in [2.75, 3.05) is 0 Å². The highest BCUT2D eigenvalue weighted by atomic mass is 35.5. The number of hydrogen-bond acceptors (Lipinski definition) is 3. The van der Waals surface area contributed by atoms with E-state index in [1.54, 1.807) is 34.9 Å². The molecule has 0 spiro atoms. The molecule has 0 fully saturated rings. The van der Waals surface area contributed by atoms with Crippen LogP contribution in [0.4, 0.5) is 4.39 Å². The van der Waals surface area contributed by atoms with Crippen LogP contribution in [0.15, 0.2) is 73.2 Å². The van der Waals surface area contributed by atoms with E-state index in [9.17, 15) is 4.39 Å². The van der Waals surface area contributed by atoms with E-state index in [-0.39, 0.29) is 5.82 Å². The Labute approximate surface area is 175 Å². The summed E-state index contributed by atoms with van der Waals surface area (Å²) in [6.45, 7) is 0. The monoisotopic (exact) mass is 423 g/mol. The van der Waals surface area contributed by atoms with Crippen LogP contribution in [-0.4, -0.2) is 24.1 Å². The Bertz CT molecular complexity index is 1360. The first-order valence-corrected chi connectivity index (χ1v) is 9.46. The Morgan fingerprint density at radius 2 is 1.83 bits per heavy atom. The van der Waals surface area contributed by atoms with Gasteiger partial charge in [-0.15, -0.1) is 10.2 Å². The zero-order valence-electron chi connectivity index (χ0n) is 14.8. The van der Waals surface area contributed by atoms with Crippen LogP contribution in [0.1, 0.15) is 0 Å². The summed E-state index contributed by atoms with van der Waals surface area (Å²) >= 11 is 12.7. The third kappa shape index (κ3) is 3.06. The van der Waals surface area contributed by atoms with Crippen molar-refractivity contribution in [2.24, 2.45) is 0 Å². The Morgan fingerprint density at radius 1 is 0.931 bits per heavy atom. The molecule has 0 radical (unpaired) electrons. The van der Waals surface area contributed by atoms with Crippen LogP contribution < -0.4 is 0 Å². The van der Waals surface area contributed by atoms with Gasteiger partial charge in [0.05, 0.1) is 10.7 Å². The molecule has 3 heterocycles. The van der Waals surface area contributed by atoms with E-state index in [0.29, 0.717) is 44.2 Å². The van der Waals surface area contributed by atoms with Crippen molar-refractivity contribution >= 4 is 28.8 Å². The number of hydrogen-bond donors (Lipinski definition) is 0. The van der Waals surface area contributed by atoms with Crippen molar-refractivity contribution < 1.29 is 4.39 Å². The van der Waals surface area contributed by atoms with Crippen LogP contribution in [0, 0.1) is 5.82 Å². The number of imidazole rings is 1. The predicted octanol–water partition coefficient (Wildman–Crippen LogP) is 5.69. The number of nitrogens with zero attached hydrogens (tertiary/aromatic N) is 5. The fourth-order valence-corrected chi connectivity index (χ4v) is 3.67. The fraction of sp³-hybridized carbons (Fsp3) is 0. The highest BCUT2D eigenvalue weighted by Crippen LogP contribution is 2.37. The van der Waals surface area contributed by atoms with Crippen LogP contribution in [0.3, 0.4) is 0 Å². The summed E-state index contributed by atoms with van der Waals surface area (Å²) < 4.78 is 17.4. The molecule has 5 rings (SSSR count). The Balaban J connectivity index is 1.83. The van der Waals surface area contributed by atoms with Gasteiger partial charge in [0.1, 0.15) is 29.2 Å². The lowest BCUT2D eigenvalue weighted by Gasteiger charge is -2.09. The van der Waals surface area contributed by atoms with Gasteiger partial charge in [0, 0.05) is 16.8 Å². The average Bonchev–Trinajstić information content (AvgIpc) is 3.34. The third-order valence-corrected chi connectivity index (χ3v) is 5.12. The predicted molar refractivity (Wildman–Crippen MR) is 111 cm³/mol. The van der Waals surface area contributed by atoms with Gasteiger partial charge in [-0.2, -0.15) is 0 Å². The number of rotatable bonds is 3. The van der Waals surface area contributed by atoms with Crippen molar-refractivity contribution in [2.45, 2.75) is 0 Å². The molecular weight excluding hydrogens is 412 g/mol. The van der Waals surface area contributed by atoms with Gasteiger partial charge in [-0.05, 0) is 48.5 Å². The lowest BCUT2D eigenvalue weighted by atomic mass is 10.1. The number of aromatic nitrogens is 5. The molecule has 142 valence electrons. The summed E-state index contributed by atoms with van der Waals surface area (Å²) in [5, 5.41) is 9.41. The number of halogens is 3. The summed E-state index contributed by atoms with van der Waals surface area (Å²) in [6.07, 6.45) is 3.42. The summed E-state index contributed by atoms with van der Waals surface area (Å²) in [4.78, 5) is 4.76. The molecule has 0 aliphatic rings. The molecule has 0 amide bonds. The molecule has 29 heavy (non-hydrogen) atoms. The highest BCUT2D eigenvalue weighted by molar-refractivity contribution is 6.35. The average molecular weight is 424 g/mol. The Hall–Kier alpha value is -3.22. The summed E-state index contributed by atoms with van der Waals surface area (Å²) in [7, 11) is 0. The smallest absolute Gasteiger partial charge is 0.187 e. The second-order valence-electron chi connectivity index (χ2n) is 6.37. The van der Waals surface area contributed by atoms with Crippen LogP contribution in [0.5, 0.6) is 0 Å². The van der Waals surface area contributed by atoms with Gasteiger partial charge >= 0.3 is 0 Å². The van der Waals surface area contributed by atoms with E-state index in [1.165, 1.54) is 18.5 Å². The molecule has 0 bridgehead atoms. The molecule has 0 saturated heterocycles. The van der Waals surface area contributed by atoms with Crippen LogP contribution in [0.2, 0.25) is 10.0 Å². The lowest BCUT2D eigenvalue weighted by Crippen LogP contribution is -2.00. The second kappa shape index (κ2) is 6.99. The van der Waals surface area contributed by atoms with Crippen LogP contribution in [0.25, 0.3) is 34.1 Å². The van der Waals surface area contributed by atoms with Gasteiger partial charge in [-0.25, -0.2) is 9.37 Å². The minimum atomic E-state index is -0.349. The molecule has 0 aliphatic heterocycles. The molecule has 0 saturated carbocycles. The van der Waals surface area contributed by atoms with Crippen molar-refractivity contribution in [1.29, 1.82) is 0 Å². The van der Waals surface area contributed by atoms with Gasteiger partial charge in [0.25, 0.3) is 0 Å².